The van der Waals surface area contributed by atoms with Crippen molar-refractivity contribution in [3.63, 3.8) is 0 Å². The summed E-state index contributed by atoms with van der Waals surface area (Å²) in [5.41, 5.74) is 0.779. The topological polar surface area (TPSA) is 40.5 Å². The molecule has 2 unspecified atom stereocenters. The van der Waals surface area contributed by atoms with Crippen LogP contribution in [0.1, 0.15) is 11.7 Å². The van der Waals surface area contributed by atoms with Gasteiger partial charge >= 0.3 is 0 Å². The summed E-state index contributed by atoms with van der Waals surface area (Å²) in [6.07, 6.45) is -1.64. The third kappa shape index (κ3) is 3.35. The normalized spacial score (nSPS) is 15.9. The summed E-state index contributed by atoms with van der Waals surface area (Å²) >= 11 is 3.99. The van der Waals surface area contributed by atoms with Crippen LogP contribution < -0.4 is 5.19 Å². The van der Waals surface area contributed by atoms with Gasteiger partial charge in [0, 0.05) is 5.75 Å². The molecule has 1 aromatic rings. The maximum atomic E-state index is 9.90. The number of hydrogen-bond donors (Lipinski definition) is 3. The molecule has 90 valence electrons. The summed E-state index contributed by atoms with van der Waals surface area (Å²) in [6, 6.07) is 7.89. The van der Waals surface area contributed by atoms with Crippen molar-refractivity contribution < 1.29 is 10.2 Å². The number of aliphatic hydroxyl groups is 2. The van der Waals surface area contributed by atoms with Gasteiger partial charge in [-0.05, 0) is 5.56 Å². The van der Waals surface area contributed by atoms with Gasteiger partial charge in [-0.2, -0.15) is 12.6 Å². The van der Waals surface area contributed by atoms with Gasteiger partial charge < -0.3 is 10.2 Å². The molecule has 2 nitrogen and oxygen atoms in total. The molecule has 16 heavy (non-hydrogen) atoms. The van der Waals surface area contributed by atoms with Crippen LogP contribution in [0.5, 0.6) is 0 Å². The maximum absolute atomic E-state index is 9.90. The van der Waals surface area contributed by atoms with Gasteiger partial charge in [0.1, 0.15) is 6.10 Å². The summed E-state index contributed by atoms with van der Waals surface area (Å²) in [4.78, 5) is 0. The zero-order chi connectivity index (χ0) is 12.3. The van der Waals surface area contributed by atoms with Crippen LogP contribution in [0, 0.1) is 0 Å². The highest BCUT2D eigenvalue weighted by molar-refractivity contribution is 7.80. The number of rotatable bonds is 4. The Labute approximate surface area is 104 Å². The van der Waals surface area contributed by atoms with Gasteiger partial charge in [0.25, 0.3) is 0 Å². The molecule has 4 heteroatoms. The predicted octanol–water partition coefficient (Wildman–Crippen LogP) is 1.56. The van der Waals surface area contributed by atoms with E-state index in [1.807, 2.05) is 18.2 Å². The number of benzene rings is 1. The first kappa shape index (κ1) is 13.8. The van der Waals surface area contributed by atoms with Gasteiger partial charge in [0.05, 0.1) is 14.2 Å². The van der Waals surface area contributed by atoms with Gasteiger partial charge in [-0.25, -0.2) is 0 Å². The van der Waals surface area contributed by atoms with Crippen molar-refractivity contribution in [3.8, 4) is 0 Å². The van der Waals surface area contributed by atoms with Gasteiger partial charge in [-0.1, -0.05) is 49.1 Å². The molecule has 0 aromatic heterocycles. The first-order chi connectivity index (χ1) is 7.36. The number of thiol groups is 1. The fraction of sp³-hybridized carbons (Fsp3) is 0.500. The largest absolute Gasteiger partial charge is 0.389 e. The molecule has 0 aliphatic heterocycles. The third-order valence-electron chi connectivity index (χ3n) is 2.65. The molecule has 0 aliphatic carbocycles. The molecule has 0 fully saturated rings. The van der Waals surface area contributed by atoms with E-state index < -0.39 is 20.3 Å². The minimum absolute atomic E-state index is 0.262. The highest BCUT2D eigenvalue weighted by Gasteiger charge is 2.20. The molecule has 2 N–H and O–H groups in total. The Morgan fingerprint density at radius 2 is 1.88 bits per heavy atom. The second-order valence-corrected chi connectivity index (χ2v) is 10.5. The molecule has 0 amide bonds. The zero-order valence-electron chi connectivity index (χ0n) is 10.0. The monoisotopic (exact) mass is 256 g/mol. The number of aliphatic hydroxyl groups excluding tert-OH is 2. The Bertz CT molecular complexity index is 349. The molecule has 0 aliphatic rings. The standard InChI is InChI=1S/C12H20O2SSi/c1-16(2,3)10-6-4-5-9(7-10)12(14)11(13)8-15/h4-7,11-15H,8H2,1-3H3. The van der Waals surface area contributed by atoms with E-state index in [1.54, 1.807) is 0 Å². The lowest BCUT2D eigenvalue weighted by Crippen LogP contribution is -2.38. The average Bonchev–Trinajstić information content (AvgIpc) is 2.26. The van der Waals surface area contributed by atoms with Crippen LogP contribution in [0.15, 0.2) is 24.3 Å². The predicted molar refractivity (Wildman–Crippen MR) is 74.2 cm³/mol. The maximum Gasteiger partial charge on any atom is 0.106 e. The minimum Gasteiger partial charge on any atom is -0.389 e. The van der Waals surface area contributed by atoms with E-state index in [4.69, 9.17) is 0 Å². The fourth-order valence-corrected chi connectivity index (χ4v) is 2.91. The Kier molecular flexibility index (Phi) is 4.61. The van der Waals surface area contributed by atoms with Crippen LogP contribution in [-0.2, 0) is 0 Å². The Morgan fingerprint density at radius 1 is 1.25 bits per heavy atom. The van der Waals surface area contributed by atoms with E-state index in [0.29, 0.717) is 0 Å². The molecule has 0 radical (unpaired) electrons. The first-order valence-corrected chi connectivity index (χ1v) is 9.57. The minimum atomic E-state index is -1.37. The van der Waals surface area contributed by atoms with E-state index in [0.717, 1.165) is 5.56 Å². The highest BCUT2D eigenvalue weighted by Crippen LogP contribution is 2.17. The Morgan fingerprint density at radius 3 is 2.38 bits per heavy atom. The molecule has 0 saturated heterocycles. The van der Waals surface area contributed by atoms with Gasteiger partial charge in [0.15, 0.2) is 0 Å². The van der Waals surface area contributed by atoms with Gasteiger partial charge in [-0.3, -0.25) is 0 Å². The molecule has 0 bridgehead atoms. The van der Waals surface area contributed by atoms with Crippen molar-refractivity contribution in [1.82, 2.24) is 0 Å². The van der Waals surface area contributed by atoms with Crippen molar-refractivity contribution in [1.29, 1.82) is 0 Å². The smallest absolute Gasteiger partial charge is 0.106 e. The lowest BCUT2D eigenvalue weighted by molar-refractivity contribution is 0.0338. The van der Waals surface area contributed by atoms with Crippen molar-refractivity contribution in [2.75, 3.05) is 5.75 Å². The van der Waals surface area contributed by atoms with E-state index >= 15 is 0 Å². The average molecular weight is 256 g/mol. The summed E-state index contributed by atoms with van der Waals surface area (Å²) in [6.45, 7) is 6.77. The zero-order valence-corrected chi connectivity index (χ0v) is 11.9. The summed E-state index contributed by atoms with van der Waals surface area (Å²) in [5, 5.41) is 20.7. The van der Waals surface area contributed by atoms with Gasteiger partial charge in [0.2, 0.25) is 0 Å². The SMILES string of the molecule is C[Si](C)(C)c1cccc(C(O)C(O)CS)c1. The van der Waals surface area contributed by atoms with Crippen LogP contribution >= 0.6 is 12.6 Å². The van der Waals surface area contributed by atoms with Crippen molar-refractivity contribution in [2.45, 2.75) is 31.8 Å². The van der Waals surface area contributed by atoms with E-state index in [2.05, 4.69) is 38.3 Å². The highest BCUT2D eigenvalue weighted by atomic mass is 32.1. The third-order valence-corrected chi connectivity index (χ3v) is 5.06. The summed E-state index contributed by atoms with van der Waals surface area (Å²) in [7, 11) is -1.37. The Hall–Kier alpha value is -0.293. The van der Waals surface area contributed by atoms with Crippen LogP contribution in [0.3, 0.4) is 0 Å². The lowest BCUT2D eigenvalue weighted by atomic mass is 10.1. The molecule has 0 spiro atoms. The molecular weight excluding hydrogens is 236 g/mol. The summed E-state index contributed by atoms with van der Waals surface area (Å²) in [5.74, 6) is 0.262. The van der Waals surface area contributed by atoms with Crippen molar-refractivity contribution in [3.05, 3.63) is 29.8 Å². The number of hydrogen-bond acceptors (Lipinski definition) is 3. The molecule has 1 aromatic carbocycles. The van der Waals surface area contributed by atoms with Crippen LogP contribution in [0.2, 0.25) is 19.6 Å². The van der Waals surface area contributed by atoms with E-state index in [1.165, 1.54) is 5.19 Å². The fourth-order valence-electron chi connectivity index (χ4n) is 1.51. The molecular formula is C12H20O2SSi. The van der Waals surface area contributed by atoms with E-state index in [-0.39, 0.29) is 5.75 Å². The molecule has 2 atom stereocenters. The van der Waals surface area contributed by atoms with Gasteiger partial charge in [-0.15, -0.1) is 0 Å². The van der Waals surface area contributed by atoms with Crippen molar-refractivity contribution in [2.24, 2.45) is 0 Å². The molecule has 1 rings (SSSR count). The van der Waals surface area contributed by atoms with Crippen LogP contribution in [0.25, 0.3) is 0 Å². The van der Waals surface area contributed by atoms with Crippen molar-refractivity contribution >= 4 is 25.9 Å². The second kappa shape index (κ2) is 5.36. The van der Waals surface area contributed by atoms with Crippen LogP contribution in [0.4, 0.5) is 0 Å². The Balaban J connectivity index is 2.99. The van der Waals surface area contributed by atoms with Crippen LogP contribution in [-0.4, -0.2) is 30.1 Å². The lowest BCUT2D eigenvalue weighted by Gasteiger charge is -2.21. The van der Waals surface area contributed by atoms with E-state index in [9.17, 15) is 10.2 Å². The molecule has 0 heterocycles. The molecule has 0 saturated carbocycles. The second-order valence-electron chi connectivity index (χ2n) is 5.07. The summed E-state index contributed by atoms with van der Waals surface area (Å²) < 4.78 is 0. The first-order valence-electron chi connectivity index (χ1n) is 5.43. The quantitative estimate of drug-likeness (QED) is 0.565.